The van der Waals surface area contributed by atoms with Gasteiger partial charge in [-0.3, -0.25) is 4.98 Å². The van der Waals surface area contributed by atoms with E-state index in [4.69, 9.17) is 11.6 Å². The van der Waals surface area contributed by atoms with Crippen LogP contribution in [0.2, 0.25) is 5.02 Å². The van der Waals surface area contributed by atoms with Gasteiger partial charge in [-0.25, -0.2) is 0 Å². The van der Waals surface area contributed by atoms with Crippen molar-refractivity contribution < 1.29 is 0 Å². The molecule has 5 heteroatoms. The molecule has 0 amide bonds. The third kappa shape index (κ3) is 2.86. The van der Waals surface area contributed by atoms with Crippen molar-refractivity contribution in [2.45, 2.75) is 13.1 Å². The van der Waals surface area contributed by atoms with Crippen LogP contribution in [0, 0.1) is 0 Å². The molecule has 3 rings (SSSR count). The Bertz CT molecular complexity index is 734. The Morgan fingerprint density at radius 1 is 1.15 bits per heavy atom. The predicted molar refractivity (Wildman–Crippen MR) is 79.8 cm³/mol. The van der Waals surface area contributed by atoms with Crippen LogP contribution in [0.15, 0.2) is 59.2 Å². The molecule has 0 aliphatic carbocycles. The molecule has 2 aromatic heterocycles. The SMILES string of the molecule is Clc1ccc2c(CN=NCc3cccnc3)c[nH]c2c1. The normalized spacial score (nSPS) is 11.4. The number of hydrogen-bond acceptors (Lipinski definition) is 3. The number of rotatable bonds is 4. The van der Waals surface area contributed by atoms with Crippen LogP contribution in [-0.2, 0) is 13.1 Å². The molecule has 0 unspecified atom stereocenters. The van der Waals surface area contributed by atoms with Gasteiger partial charge in [0.1, 0.15) is 0 Å². The molecule has 0 fully saturated rings. The molecule has 0 radical (unpaired) electrons. The van der Waals surface area contributed by atoms with Crippen molar-refractivity contribution in [2.24, 2.45) is 10.2 Å². The maximum atomic E-state index is 5.95. The van der Waals surface area contributed by atoms with E-state index in [2.05, 4.69) is 20.2 Å². The number of azo groups is 1. The summed E-state index contributed by atoms with van der Waals surface area (Å²) in [6.45, 7) is 1.11. The first-order valence-corrected chi connectivity index (χ1v) is 6.68. The van der Waals surface area contributed by atoms with Crippen molar-refractivity contribution in [3.8, 4) is 0 Å². The molecule has 3 aromatic rings. The lowest BCUT2D eigenvalue weighted by atomic mass is 10.2. The van der Waals surface area contributed by atoms with Gasteiger partial charge in [0.25, 0.3) is 0 Å². The van der Waals surface area contributed by atoms with Crippen molar-refractivity contribution in [1.82, 2.24) is 9.97 Å². The van der Waals surface area contributed by atoms with Gasteiger partial charge in [0.05, 0.1) is 13.1 Å². The van der Waals surface area contributed by atoms with Crippen LogP contribution in [0.3, 0.4) is 0 Å². The van der Waals surface area contributed by atoms with Crippen LogP contribution < -0.4 is 0 Å². The molecule has 4 nitrogen and oxygen atoms in total. The summed E-state index contributed by atoms with van der Waals surface area (Å²) in [7, 11) is 0. The quantitative estimate of drug-likeness (QED) is 0.711. The maximum absolute atomic E-state index is 5.95. The highest BCUT2D eigenvalue weighted by molar-refractivity contribution is 6.31. The van der Waals surface area contributed by atoms with Crippen molar-refractivity contribution in [3.63, 3.8) is 0 Å². The van der Waals surface area contributed by atoms with E-state index in [0.717, 1.165) is 27.1 Å². The van der Waals surface area contributed by atoms with Crippen LogP contribution in [0.4, 0.5) is 0 Å². The second-order valence-electron chi connectivity index (χ2n) is 4.46. The summed E-state index contributed by atoms with van der Waals surface area (Å²) in [6.07, 6.45) is 5.49. The van der Waals surface area contributed by atoms with E-state index in [9.17, 15) is 0 Å². The molecule has 100 valence electrons. The second kappa shape index (κ2) is 5.84. The van der Waals surface area contributed by atoms with E-state index in [1.807, 2.05) is 36.5 Å². The van der Waals surface area contributed by atoms with Gasteiger partial charge in [-0.05, 0) is 23.8 Å². The highest BCUT2D eigenvalue weighted by Crippen LogP contribution is 2.22. The zero-order chi connectivity index (χ0) is 13.8. The largest absolute Gasteiger partial charge is 0.361 e. The fourth-order valence-electron chi connectivity index (χ4n) is 2.04. The highest BCUT2D eigenvalue weighted by atomic mass is 35.5. The zero-order valence-electron chi connectivity index (χ0n) is 10.8. The fraction of sp³-hybridized carbons (Fsp3) is 0.133. The van der Waals surface area contributed by atoms with E-state index >= 15 is 0 Å². The number of nitrogens with zero attached hydrogens (tertiary/aromatic N) is 3. The first kappa shape index (κ1) is 12.8. The van der Waals surface area contributed by atoms with Gasteiger partial charge in [-0.15, -0.1) is 0 Å². The van der Waals surface area contributed by atoms with Gasteiger partial charge >= 0.3 is 0 Å². The average molecular weight is 285 g/mol. The molecular weight excluding hydrogens is 272 g/mol. The number of aromatic amines is 1. The Balaban J connectivity index is 1.68. The van der Waals surface area contributed by atoms with Gasteiger partial charge in [0.15, 0.2) is 0 Å². The highest BCUT2D eigenvalue weighted by Gasteiger charge is 2.03. The smallest absolute Gasteiger partial charge is 0.0870 e. The van der Waals surface area contributed by atoms with Gasteiger partial charge in [0, 0.05) is 40.1 Å². The molecule has 0 aliphatic rings. The number of pyridine rings is 1. The molecule has 20 heavy (non-hydrogen) atoms. The van der Waals surface area contributed by atoms with Crippen LogP contribution in [0.1, 0.15) is 11.1 Å². The molecule has 0 aliphatic heterocycles. The second-order valence-corrected chi connectivity index (χ2v) is 4.90. The first-order chi connectivity index (χ1) is 9.83. The third-order valence-electron chi connectivity index (χ3n) is 3.05. The molecule has 0 saturated carbocycles. The summed E-state index contributed by atoms with van der Waals surface area (Å²) in [5.41, 5.74) is 3.20. The predicted octanol–water partition coefficient (Wildman–Crippen LogP) is 4.37. The third-order valence-corrected chi connectivity index (χ3v) is 3.28. The Morgan fingerprint density at radius 2 is 2.05 bits per heavy atom. The lowest BCUT2D eigenvalue weighted by Crippen LogP contribution is -1.82. The molecule has 0 bridgehead atoms. The molecule has 1 aromatic carbocycles. The molecule has 0 spiro atoms. The number of H-pyrrole nitrogens is 1. The summed E-state index contributed by atoms with van der Waals surface area (Å²) in [6, 6.07) is 9.68. The Labute approximate surface area is 121 Å². The lowest BCUT2D eigenvalue weighted by Gasteiger charge is -1.95. The topological polar surface area (TPSA) is 53.4 Å². The fourth-order valence-corrected chi connectivity index (χ4v) is 2.21. The van der Waals surface area contributed by atoms with Crippen LogP contribution in [0.25, 0.3) is 10.9 Å². The monoisotopic (exact) mass is 284 g/mol. The van der Waals surface area contributed by atoms with E-state index in [0.29, 0.717) is 13.1 Å². The number of nitrogens with one attached hydrogen (secondary N) is 1. The number of halogens is 1. The van der Waals surface area contributed by atoms with Crippen molar-refractivity contribution in [2.75, 3.05) is 0 Å². The Morgan fingerprint density at radius 3 is 2.90 bits per heavy atom. The minimum absolute atomic E-state index is 0.557. The van der Waals surface area contributed by atoms with Crippen molar-refractivity contribution >= 4 is 22.5 Å². The van der Waals surface area contributed by atoms with E-state index in [1.54, 1.807) is 12.4 Å². The number of hydrogen-bond donors (Lipinski definition) is 1. The maximum Gasteiger partial charge on any atom is 0.0870 e. The molecule has 1 N–H and O–H groups in total. The van der Waals surface area contributed by atoms with Crippen molar-refractivity contribution in [3.05, 3.63) is 65.1 Å². The standard InChI is InChI=1S/C15H13ClN4/c16-13-3-4-14-12(9-18-15(14)6-13)10-20-19-8-11-2-1-5-17-7-11/h1-7,9,18H,8,10H2. The van der Waals surface area contributed by atoms with Crippen molar-refractivity contribution in [1.29, 1.82) is 0 Å². The molecule has 0 atom stereocenters. The van der Waals surface area contributed by atoms with E-state index in [1.165, 1.54) is 0 Å². The molecular formula is C15H13ClN4. The van der Waals surface area contributed by atoms with Crippen LogP contribution in [0.5, 0.6) is 0 Å². The van der Waals surface area contributed by atoms with Gasteiger partial charge in [-0.2, -0.15) is 10.2 Å². The van der Waals surface area contributed by atoms with Gasteiger partial charge in [0.2, 0.25) is 0 Å². The minimum atomic E-state index is 0.557. The summed E-state index contributed by atoms with van der Waals surface area (Å²) in [5, 5.41) is 10.3. The molecule has 2 heterocycles. The van der Waals surface area contributed by atoms with Crippen LogP contribution in [-0.4, -0.2) is 9.97 Å². The lowest BCUT2D eigenvalue weighted by molar-refractivity contribution is 0.851. The minimum Gasteiger partial charge on any atom is -0.361 e. The number of fused-ring (bicyclic) bond motifs is 1. The van der Waals surface area contributed by atoms with Crippen LogP contribution >= 0.6 is 11.6 Å². The van der Waals surface area contributed by atoms with E-state index < -0.39 is 0 Å². The van der Waals surface area contributed by atoms with Gasteiger partial charge < -0.3 is 4.98 Å². The summed E-state index contributed by atoms with van der Waals surface area (Å²) in [4.78, 5) is 7.23. The Hall–Kier alpha value is -2.20. The summed E-state index contributed by atoms with van der Waals surface area (Å²) in [5.74, 6) is 0. The van der Waals surface area contributed by atoms with Gasteiger partial charge in [-0.1, -0.05) is 23.7 Å². The zero-order valence-corrected chi connectivity index (χ0v) is 11.5. The Kier molecular flexibility index (Phi) is 3.74. The number of aromatic nitrogens is 2. The number of benzene rings is 1. The first-order valence-electron chi connectivity index (χ1n) is 6.30. The average Bonchev–Trinajstić information content (AvgIpc) is 2.87. The molecule has 0 saturated heterocycles. The summed E-state index contributed by atoms with van der Waals surface area (Å²) < 4.78 is 0. The van der Waals surface area contributed by atoms with E-state index in [-0.39, 0.29) is 0 Å². The summed E-state index contributed by atoms with van der Waals surface area (Å²) >= 11 is 5.95.